The Balaban J connectivity index is 1.44. The molecule has 1 N–H and O–H groups in total. The summed E-state index contributed by atoms with van der Waals surface area (Å²) in [6, 6.07) is 14.3. The van der Waals surface area contributed by atoms with E-state index in [2.05, 4.69) is 39.8 Å². The molecule has 2 aromatic heterocycles. The van der Waals surface area contributed by atoms with Crippen LogP contribution in [0.3, 0.4) is 0 Å². The van der Waals surface area contributed by atoms with Crippen LogP contribution in [0.5, 0.6) is 0 Å². The van der Waals surface area contributed by atoms with Crippen molar-refractivity contribution in [2.75, 3.05) is 5.32 Å². The summed E-state index contributed by atoms with van der Waals surface area (Å²) in [4.78, 5) is 22.6. The van der Waals surface area contributed by atoms with Crippen LogP contribution in [0, 0.1) is 17.0 Å². The van der Waals surface area contributed by atoms with E-state index in [0.29, 0.717) is 17.9 Å². The first-order chi connectivity index (χ1) is 14.0. The Labute approximate surface area is 165 Å². The lowest BCUT2D eigenvalue weighted by Crippen LogP contribution is -2.20. The minimum atomic E-state index is -0.520. The van der Waals surface area contributed by atoms with Gasteiger partial charge in [-0.25, -0.2) is 0 Å². The van der Waals surface area contributed by atoms with Crippen molar-refractivity contribution in [1.29, 1.82) is 0 Å². The van der Waals surface area contributed by atoms with Gasteiger partial charge in [-0.05, 0) is 23.3 Å². The van der Waals surface area contributed by atoms with Gasteiger partial charge in [0.15, 0.2) is 0 Å². The first-order valence-corrected chi connectivity index (χ1v) is 8.97. The summed E-state index contributed by atoms with van der Waals surface area (Å²) in [5.41, 5.74) is 1.90. The van der Waals surface area contributed by atoms with Crippen LogP contribution in [-0.4, -0.2) is 30.4 Å². The van der Waals surface area contributed by atoms with Crippen molar-refractivity contribution >= 4 is 28.1 Å². The SMILES string of the molecule is Cc1c([N+](=O)[O-])cnn1CC(=O)Nc1cnn(Cc2cccc3ccccc23)c1. The van der Waals surface area contributed by atoms with Crippen LogP contribution in [-0.2, 0) is 17.9 Å². The molecule has 2 heterocycles. The third-order valence-corrected chi connectivity index (χ3v) is 4.70. The highest BCUT2D eigenvalue weighted by Gasteiger charge is 2.18. The van der Waals surface area contributed by atoms with Gasteiger partial charge in [-0.1, -0.05) is 42.5 Å². The Bertz CT molecular complexity index is 1200. The number of benzene rings is 2. The molecule has 0 fully saturated rings. The van der Waals surface area contributed by atoms with Gasteiger partial charge in [0.1, 0.15) is 18.4 Å². The van der Waals surface area contributed by atoms with E-state index in [0.717, 1.165) is 22.5 Å². The fraction of sp³-hybridized carbons (Fsp3) is 0.150. The van der Waals surface area contributed by atoms with Crippen molar-refractivity contribution in [3.8, 4) is 0 Å². The van der Waals surface area contributed by atoms with E-state index in [1.807, 2.05) is 18.2 Å². The van der Waals surface area contributed by atoms with Crippen molar-refractivity contribution in [2.24, 2.45) is 0 Å². The Hall–Kier alpha value is -4.01. The number of aromatic nitrogens is 4. The maximum absolute atomic E-state index is 12.3. The van der Waals surface area contributed by atoms with E-state index < -0.39 is 4.92 Å². The van der Waals surface area contributed by atoms with Crippen LogP contribution in [0.2, 0.25) is 0 Å². The number of hydrogen-bond acceptors (Lipinski definition) is 5. The molecule has 1 amide bonds. The zero-order valence-corrected chi connectivity index (χ0v) is 15.6. The van der Waals surface area contributed by atoms with Crippen LogP contribution in [0.15, 0.2) is 61.1 Å². The molecule has 0 aliphatic carbocycles. The van der Waals surface area contributed by atoms with E-state index in [9.17, 15) is 14.9 Å². The molecule has 9 nitrogen and oxygen atoms in total. The average Bonchev–Trinajstić information content (AvgIpc) is 3.29. The maximum atomic E-state index is 12.3. The molecule has 4 rings (SSSR count). The van der Waals surface area contributed by atoms with E-state index in [1.165, 1.54) is 4.68 Å². The second-order valence-corrected chi connectivity index (χ2v) is 6.64. The molecule has 2 aromatic carbocycles. The highest BCUT2D eigenvalue weighted by Crippen LogP contribution is 2.20. The van der Waals surface area contributed by atoms with E-state index >= 15 is 0 Å². The smallest absolute Gasteiger partial charge is 0.309 e. The molecule has 0 atom stereocenters. The number of nitro groups is 1. The summed E-state index contributed by atoms with van der Waals surface area (Å²) in [5.74, 6) is -0.337. The monoisotopic (exact) mass is 390 g/mol. The third kappa shape index (κ3) is 3.84. The Kier molecular flexibility index (Phi) is 4.78. The molecular weight excluding hydrogens is 372 g/mol. The number of hydrogen-bond donors (Lipinski definition) is 1. The number of fused-ring (bicyclic) bond motifs is 1. The number of rotatable bonds is 6. The van der Waals surface area contributed by atoms with Gasteiger partial charge < -0.3 is 5.32 Å². The molecule has 0 unspecified atom stereocenters. The number of carbonyl (C=O) groups is 1. The van der Waals surface area contributed by atoms with E-state index in [-0.39, 0.29) is 18.1 Å². The Morgan fingerprint density at radius 3 is 2.72 bits per heavy atom. The fourth-order valence-electron chi connectivity index (χ4n) is 3.23. The third-order valence-electron chi connectivity index (χ3n) is 4.70. The first-order valence-electron chi connectivity index (χ1n) is 8.97. The maximum Gasteiger partial charge on any atom is 0.309 e. The number of nitrogens with zero attached hydrogens (tertiary/aromatic N) is 5. The Morgan fingerprint density at radius 2 is 1.93 bits per heavy atom. The minimum Gasteiger partial charge on any atom is -0.322 e. The standard InChI is InChI=1S/C20H18N6O3/c1-14-19(26(28)29)10-22-25(14)13-20(27)23-17-9-21-24(12-17)11-16-7-4-6-15-5-2-3-8-18(15)16/h2-10,12H,11,13H2,1H3,(H,23,27). The molecule has 29 heavy (non-hydrogen) atoms. The number of carbonyl (C=O) groups excluding carboxylic acids is 1. The quantitative estimate of drug-likeness (QED) is 0.402. The lowest BCUT2D eigenvalue weighted by molar-refractivity contribution is -0.385. The van der Waals surface area contributed by atoms with Gasteiger partial charge >= 0.3 is 5.69 Å². The molecular formula is C20H18N6O3. The summed E-state index contributed by atoms with van der Waals surface area (Å²) in [7, 11) is 0. The molecule has 0 bridgehead atoms. The van der Waals surface area contributed by atoms with Gasteiger partial charge in [-0.3, -0.25) is 24.3 Å². The second-order valence-electron chi connectivity index (χ2n) is 6.64. The average molecular weight is 390 g/mol. The minimum absolute atomic E-state index is 0.110. The molecule has 4 aromatic rings. The lowest BCUT2D eigenvalue weighted by atomic mass is 10.0. The highest BCUT2D eigenvalue weighted by atomic mass is 16.6. The molecule has 0 saturated heterocycles. The molecule has 0 aliphatic rings. The van der Waals surface area contributed by atoms with Crippen molar-refractivity contribution in [2.45, 2.75) is 20.0 Å². The fourth-order valence-corrected chi connectivity index (χ4v) is 3.23. The zero-order chi connectivity index (χ0) is 20.4. The Morgan fingerprint density at radius 1 is 1.14 bits per heavy atom. The topological polar surface area (TPSA) is 108 Å². The van der Waals surface area contributed by atoms with Gasteiger partial charge in [-0.2, -0.15) is 10.2 Å². The van der Waals surface area contributed by atoms with Gasteiger partial charge in [0, 0.05) is 6.20 Å². The summed E-state index contributed by atoms with van der Waals surface area (Å²) in [6.07, 6.45) is 4.46. The van der Waals surface area contributed by atoms with Crippen LogP contribution in [0.25, 0.3) is 10.8 Å². The lowest BCUT2D eigenvalue weighted by Gasteiger charge is -2.07. The summed E-state index contributed by atoms with van der Waals surface area (Å²) in [6.45, 7) is 2.01. The first kappa shape index (κ1) is 18.4. The van der Waals surface area contributed by atoms with E-state index in [1.54, 1.807) is 24.0 Å². The van der Waals surface area contributed by atoms with Gasteiger partial charge in [0.05, 0.1) is 23.4 Å². The zero-order valence-electron chi connectivity index (χ0n) is 15.6. The summed E-state index contributed by atoms with van der Waals surface area (Å²) in [5, 5.41) is 24.2. The summed E-state index contributed by atoms with van der Waals surface area (Å²) < 4.78 is 3.05. The van der Waals surface area contributed by atoms with Gasteiger partial charge in [-0.15, -0.1) is 0 Å². The van der Waals surface area contributed by atoms with Crippen molar-refractivity contribution in [1.82, 2.24) is 19.6 Å². The summed E-state index contributed by atoms with van der Waals surface area (Å²) >= 11 is 0. The largest absolute Gasteiger partial charge is 0.322 e. The van der Waals surface area contributed by atoms with Gasteiger partial charge in [0.2, 0.25) is 5.91 Å². The van der Waals surface area contributed by atoms with Crippen LogP contribution in [0.1, 0.15) is 11.3 Å². The predicted octanol–water partition coefficient (Wildman–Crippen LogP) is 3.14. The normalized spacial score (nSPS) is 10.9. The van der Waals surface area contributed by atoms with Crippen molar-refractivity contribution in [3.63, 3.8) is 0 Å². The predicted molar refractivity (Wildman–Crippen MR) is 108 cm³/mol. The van der Waals surface area contributed by atoms with Crippen molar-refractivity contribution in [3.05, 3.63) is 82.4 Å². The van der Waals surface area contributed by atoms with Crippen LogP contribution >= 0.6 is 0 Å². The molecule has 0 aliphatic heterocycles. The van der Waals surface area contributed by atoms with Crippen LogP contribution in [0.4, 0.5) is 11.4 Å². The molecule has 0 radical (unpaired) electrons. The number of anilines is 1. The van der Waals surface area contributed by atoms with E-state index in [4.69, 9.17) is 0 Å². The van der Waals surface area contributed by atoms with Crippen molar-refractivity contribution < 1.29 is 9.72 Å². The molecule has 0 saturated carbocycles. The highest BCUT2D eigenvalue weighted by molar-refractivity contribution is 5.90. The molecule has 146 valence electrons. The number of nitrogens with one attached hydrogen (secondary N) is 1. The van der Waals surface area contributed by atoms with Crippen LogP contribution < -0.4 is 5.32 Å². The van der Waals surface area contributed by atoms with Gasteiger partial charge in [0.25, 0.3) is 0 Å². The number of amides is 1. The second kappa shape index (κ2) is 7.55. The molecule has 0 spiro atoms. The molecule has 9 heteroatoms.